The maximum Gasteiger partial charge on any atom is 0.410 e. The number of likely N-dealkylation sites (tertiary alicyclic amines) is 1. The summed E-state index contributed by atoms with van der Waals surface area (Å²) in [4.78, 5) is 40.5. The van der Waals surface area contributed by atoms with Crippen LogP contribution in [0.25, 0.3) is 0 Å². The van der Waals surface area contributed by atoms with Gasteiger partial charge in [-0.25, -0.2) is 9.69 Å². The molecule has 6 nitrogen and oxygen atoms in total. The number of benzene rings is 2. The summed E-state index contributed by atoms with van der Waals surface area (Å²) in [5, 5.41) is 0. The molecular weight excluding hydrogens is 380 g/mol. The molecule has 0 radical (unpaired) electrons. The lowest BCUT2D eigenvalue weighted by Crippen LogP contribution is -2.41. The highest BCUT2D eigenvalue weighted by Gasteiger charge is 2.36. The van der Waals surface area contributed by atoms with Gasteiger partial charge in [0.05, 0.1) is 16.8 Å². The van der Waals surface area contributed by atoms with Crippen LogP contribution < -0.4 is 4.90 Å². The minimum Gasteiger partial charge on any atom is -0.444 e. The van der Waals surface area contributed by atoms with Crippen LogP contribution in [-0.2, 0) is 4.74 Å². The third-order valence-electron chi connectivity index (χ3n) is 5.56. The number of ether oxygens (including phenoxy) is 1. The molecule has 0 bridgehead atoms. The Labute approximate surface area is 176 Å². The van der Waals surface area contributed by atoms with Crippen molar-refractivity contribution in [1.29, 1.82) is 0 Å². The minimum absolute atomic E-state index is 0.262. The predicted octanol–water partition coefficient (Wildman–Crippen LogP) is 4.60. The summed E-state index contributed by atoms with van der Waals surface area (Å²) < 4.78 is 5.46. The number of piperidine rings is 1. The van der Waals surface area contributed by atoms with Gasteiger partial charge in [-0.1, -0.05) is 24.3 Å². The molecule has 0 N–H and O–H groups in total. The fourth-order valence-electron chi connectivity index (χ4n) is 4.04. The number of imide groups is 1. The maximum absolute atomic E-state index is 12.6. The zero-order valence-electron chi connectivity index (χ0n) is 17.6. The lowest BCUT2D eigenvalue weighted by atomic mass is 9.89. The van der Waals surface area contributed by atoms with Crippen molar-refractivity contribution in [1.82, 2.24) is 4.90 Å². The molecule has 2 aliphatic rings. The van der Waals surface area contributed by atoms with E-state index in [1.165, 1.54) is 4.90 Å². The summed E-state index contributed by atoms with van der Waals surface area (Å²) >= 11 is 0. The minimum atomic E-state index is -0.492. The molecule has 1 saturated heterocycles. The van der Waals surface area contributed by atoms with Gasteiger partial charge in [-0.15, -0.1) is 0 Å². The number of amides is 3. The molecule has 156 valence electrons. The maximum atomic E-state index is 12.6. The first-order valence-corrected chi connectivity index (χ1v) is 10.3. The second kappa shape index (κ2) is 7.59. The van der Waals surface area contributed by atoms with E-state index >= 15 is 0 Å². The van der Waals surface area contributed by atoms with Crippen LogP contribution in [0.15, 0.2) is 48.5 Å². The lowest BCUT2D eigenvalue weighted by molar-refractivity contribution is 0.0204. The Morgan fingerprint density at radius 2 is 1.43 bits per heavy atom. The number of rotatable bonds is 2. The Bertz CT molecular complexity index is 948. The van der Waals surface area contributed by atoms with Crippen molar-refractivity contribution in [2.24, 2.45) is 0 Å². The first-order chi connectivity index (χ1) is 14.2. The van der Waals surface area contributed by atoms with Crippen molar-refractivity contribution >= 4 is 23.6 Å². The van der Waals surface area contributed by atoms with Crippen LogP contribution in [0.3, 0.4) is 0 Å². The van der Waals surface area contributed by atoms with E-state index in [9.17, 15) is 14.4 Å². The topological polar surface area (TPSA) is 66.9 Å². The Balaban J connectivity index is 1.41. The second-order valence-electron chi connectivity index (χ2n) is 8.82. The summed E-state index contributed by atoms with van der Waals surface area (Å²) in [5.41, 5.74) is 2.13. The number of anilines is 1. The molecule has 0 unspecified atom stereocenters. The fourth-order valence-corrected chi connectivity index (χ4v) is 4.04. The van der Waals surface area contributed by atoms with Crippen LogP contribution in [0.5, 0.6) is 0 Å². The van der Waals surface area contributed by atoms with E-state index in [4.69, 9.17) is 4.74 Å². The summed E-state index contributed by atoms with van der Waals surface area (Å²) in [7, 11) is 0. The Morgan fingerprint density at radius 1 is 0.900 bits per heavy atom. The molecule has 6 heteroatoms. The van der Waals surface area contributed by atoms with Crippen molar-refractivity contribution in [3.05, 3.63) is 65.2 Å². The van der Waals surface area contributed by atoms with E-state index in [1.54, 1.807) is 29.2 Å². The normalized spacial score (nSPS) is 17.3. The van der Waals surface area contributed by atoms with Gasteiger partial charge in [-0.05, 0) is 69.4 Å². The third kappa shape index (κ3) is 3.82. The molecule has 3 amide bonds. The van der Waals surface area contributed by atoms with Gasteiger partial charge in [0.15, 0.2) is 0 Å². The molecular formula is C24H26N2O4. The number of carbonyl (C=O) groups is 3. The van der Waals surface area contributed by atoms with Crippen molar-refractivity contribution in [3.63, 3.8) is 0 Å². The van der Waals surface area contributed by atoms with E-state index in [-0.39, 0.29) is 17.9 Å². The van der Waals surface area contributed by atoms with Crippen LogP contribution in [0.2, 0.25) is 0 Å². The molecule has 1 fully saturated rings. The van der Waals surface area contributed by atoms with Gasteiger partial charge in [0.25, 0.3) is 11.8 Å². The quantitative estimate of drug-likeness (QED) is 0.684. The smallest absolute Gasteiger partial charge is 0.410 e. The van der Waals surface area contributed by atoms with Gasteiger partial charge in [-0.2, -0.15) is 0 Å². The summed E-state index contributed by atoms with van der Waals surface area (Å²) in [6.07, 6.45) is 1.44. The average molecular weight is 406 g/mol. The van der Waals surface area contributed by atoms with Crippen LogP contribution >= 0.6 is 0 Å². The van der Waals surface area contributed by atoms with Gasteiger partial charge < -0.3 is 9.64 Å². The Hall–Kier alpha value is -3.15. The molecule has 2 aromatic rings. The van der Waals surface area contributed by atoms with Gasteiger partial charge >= 0.3 is 6.09 Å². The molecule has 0 aliphatic carbocycles. The van der Waals surface area contributed by atoms with E-state index in [2.05, 4.69) is 0 Å². The zero-order chi connectivity index (χ0) is 21.5. The van der Waals surface area contributed by atoms with Gasteiger partial charge in [0, 0.05) is 13.1 Å². The number of carbonyl (C=O) groups excluding carboxylic acids is 3. The van der Waals surface area contributed by atoms with Gasteiger partial charge in [0.2, 0.25) is 0 Å². The van der Waals surface area contributed by atoms with E-state index in [1.807, 2.05) is 45.0 Å². The van der Waals surface area contributed by atoms with Crippen molar-refractivity contribution in [3.8, 4) is 0 Å². The predicted molar refractivity (Wildman–Crippen MR) is 114 cm³/mol. The van der Waals surface area contributed by atoms with Crippen molar-refractivity contribution < 1.29 is 19.1 Å². The number of hydrogen-bond donors (Lipinski definition) is 0. The molecule has 4 rings (SSSR count). The number of hydrogen-bond acceptors (Lipinski definition) is 4. The van der Waals surface area contributed by atoms with Gasteiger partial charge in [0.1, 0.15) is 5.60 Å². The fraction of sp³-hybridized carbons (Fsp3) is 0.375. The summed E-state index contributed by atoms with van der Waals surface area (Å²) in [5.74, 6) is -0.233. The van der Waals surface area contributed by atoms with E-state index < -0.39 is 5.60 Å². The van der Waals surface area contributed by atoms with Crippen LogP contribution in [0.4, 0.5) is 10.5 Å². The van der Waals surface area contributed by atoms with E-state index in [0.717, 1.165) is 18.4 Å². The summed E-state index contributed by atoms with van der Waals surface area (Å²) in [6, 6.07) is 14.5. The third-order valence-corrected chi connectivity index (χ3v) is 5.56. The highest BCUT2D eigenvalue weighted by atomic mass is 16.6. The molecule has 0 spiro atoms. The number of nitrogens with zero attached hydrogens (tertiary/aromatic N) is 2. The molecule has 2 heterocycles. The first-order valence-electron chi connectivity index (χ1n) is 10.3. The van der Waals surface area contributed by atoms with Crippen LogP contribution in [0.1, 0.15) is 65.8 Å². The summed E-state index contributed by atoms with van der Waals surface area (Å²) in [6.45, 7) is 6.91. The zero-order valence-corrected chi connectivity index (χ0v) is 17.6. The SMILES string of the molecule is CC(C)(C)OC(=O)N1CCC(c2ccc(N3C(=O)c4ccccc4C3=O)cc2)CC1. The molecule has 2 aromatic carbocycles. The highest BCUT2D eigenvalue weighted by Crippen LogP contribution is 2.32. The Morgan fingerprint density at radius 3 is 1.93 bits per heavy atom. The van der Waals surface area contributed by atoms with Gasteiger partial charge in [-0.3, -0.25) is 9.59 Å². The monoisotopic (exact) mass is 406 g/mol. The van der Waals surface area contributed by atoms with E-state index in [0.29, 0.717) is 35.8 Å². The first kappa shape index (κ1) is 20.1. The second-order valence-corrected chi connectivity index (χ2v) is 8.82. The van der Waals surface area contributed by atoms with Crippen LogP contribution in [-0.4, -0.2) is 41.5 Å². The average Bonchev–Trinajstić information content (AvgIpc) is 2.98. The van der Waals surface area contributed by atoms with Crippen molar-refractivity contribution in [2.75, 3.05) is 18.0 Å². The number of fused-ring (bicyclic) bond motifs is 1. The van der Waals surface area contributed by atoms with Crippen LogP contribution in [0, 0.1) is 0 Å². The van der Waals surface area contributed by atoms with Crippen molar-refractivity contribution in [2.45, 2.75) is 45.1 Å². The molecule has 0 saturated carbocycles. The standard InChI is InChI=1S/C24H26N2O4/c1-24(2,3)30-23(29)25-14-12-17(13-15-25)16-8-10-18(11-9-16)26-21(27)19-6-4-5-7-20(19)22(26)28/h4-11,17H,12-15H2,1-3H3. The largest absolute Gasteiger partial charge is 0.444 e. The highest BCUT2D eigenvalue weighted by molar-refractivity contribution is 6.34. The molecule has 0 aromatic heterocycles. The molecule has 2 aliphatic heterocycles. The Kier molecular flexibility index (Phi) is 5.10. The lowest BCUT2D eigenvalue weighted by Gasteiger charge is -2.33. The molecule has 0 atom stereocenters. The molecule has 30 heavy (non-hydrogen) atoms.